The van der Waals surface area contributed by atoms with Crippen molar-refractivity contribution in [3.05, 3.63) is 64.3 Å². The number of anilines is 1. The second-order valence-electron chi connectivity index (χ2n) is 6.24. The average Bonchev–Trinajstić information content (AvgIpc) is 2.93. The molecule has 1 aliphatic rings. The van der Waals surface area contributed by atoms with Crippen molar-refractivity contribution < 1.29 is 19.1 Å². The molecule has 146 valence electrons. The molecule has 0 unspecified atom stereocenters. The summed E-state index contributed by atoms with van der Waals surface area (Å²) in [5, 5.41) is 3.69. The lowest BCUT2D eigenvalue weighted by molar-refractivity contribution is -0.137. The molecule has 0 radical (unpaired) electrons. The predicted octanol–water partition coefficient (Wildman–Crippen LogP) is 3.50. The molecule has 0 bridgehead atoms. The Morgan fingerprint density at radius 3 is 2.50 bits per heavy atom. The lowest BCUT2D eigenvalue weighted by atomic mass is 10.0. The van der Waals surface area contributed by atoms with Gasteiger partial charge in [0.15, 0.2) is 0 Å². The van der Waals surface area contributed by atoms with Crippen LogP contribution in [-0.2, 0) is 14.3 Å². The highest BCUT2D eigenvalue weighted by atomic mass is 35.5. The lowest BCUT2D eigenvalue weighted by Crippen LogP contribution is -2.35. The SMILES string of the molecule is COCCN1C(=O)C(Nc2cccc(Cl)c2C)=C(c2ccccc2OC)C1=O. The third-order valence-electron chi connectivity index (χ3n) is 4.59. The van der Waals surface area contributed by atoms with E-state index in [4.69, 9.17) is 21.1 Å². The summed E-state index contributed by atoms with van der Waals surface area (Å²) in [6, 6.07) is 12.5. The zero-order valence-electron chi connectivity index (χ0n) is 15.9. The Labute approximate surface area is 168 Å². The number of imide groups is 1. The number of halogens is 1. The number of carbonyl (C=O) groups is 2. The normalized spacial score (nSPS) is 14.1. The Hall–Kier alpha value is -2.83. The van der Waals surface area contributed by atoms with Gasteiger partial charge in [-0.3, -0.25) is 14.5 Å². The van der Waals surface area contributed by atoms with Crippen LogP contribution in [0.2, 0.25) is 5.02 Å². The Balaban J connectivity index is 2.13. The van der Waals surface area contributed by atoms with Crippen molar-refractivity contribution in [3.8, 4) is 5.75 Å². The highest BCUT2D eigenvalue weighted by molar-refractivity contribution is 6.37. The van der Waals surface area contributed by atoms with E-state index in [0.717, 1.165) is 5.56 Å². The van der Waals surface area contributed by atoms with Gasteiger partial charge in [-0.05, 0) is 30.7 Å². The summed E-state index contributed by atoms with van der Waals surface area (Å²) in [4.78, 5) is 27.3. The number of carbonyl (C=O) groups excluding carboxylic acids is 2. The van der Waals surface area contributed by atoms with Crippen molar-refractivity contribution in [1.82, 2.24) is 4.90 Å². The van der Waals surface area contributed by atoms with Gasteiger partial charge in [0.2, 0.25) is 0 Å². The van der Waals surface area contributed by atoms with Crippen molar-refractivity contribution in [3.63, 3.8) is 0 Å². The molecule has 2 aromatic rings. The van der Waals surface area contributed by atoms with Gasteiger partial charge in [0.1, 0.15) is 11.4 Å². The average molecular weight is 401 g/mol. The number of ether oxygens (including phenoxy) is 2. The Bertz CT molecular complexity index is 955. The zero-order chi connectivity index (χ0) is 20.3. The van der Waals surface area contributed by atoms with E-state index in [9.17, 15) is 9.59 Å². The molecule has 28 heavy (non-hydrogen) atoms. The van der Waals surface area contributed by atoms with Gasteiger partial charge in [-0.25, -0.2) is 0 Å². The number of nitrogens with one attached hydrogen (secondary N) is 1. The van der Waals surface area contributed by atoms with Crippen LogP contribution < -0.4 is 10.1 Å². The van der Waals surface area contributed by atoms with E-state index < -0.39 is 11.8 Å². The van der Waals surface area contributed by atoms with Gasteiger partial charge in [-0.15, -0.1) is 0 Å². The predicted molar refractivity (Wildman–Crippen MR) is 108 cm³/mol. The first-order valence-electron chi connectivity index (χ1n) is 8.74. The molecule has 0 fully saturated rings. The molecule has 1 N–H and O–H groups in total. The second-order valence-corrected chi connectivity index (χ2v) is 6.65. The van der Waals surface area contributed by atoms with Gasteiger partial charge in [-0.1, -0.05) is 35.9 Å². The molecule has 0 aliphatic carbocycles. The number of hydrogen-bond acceptors (Lipinski definition) is 5. The number of nitrogens with zero attached hydrogens (tertiary/aromatic N) is 1. The van der Waals surface area contributed by atoms with Crippen LogP contribution in [0.3, 0.4) is 0 Å². The molecule has 2 aromatic carbocycles. The van der Waals surface area contributed by atoms with Crippen molar-refractivity contribution in [1.29, 1.82) is 0 Å². The molecular weight excluding hydrogens is 380 g/mol. The third-order valence-corrected chi connectivity index (χ3v) is 5.00. The fourth-order valence-corrected chi connectivity index (χ4v) is 3.23. The van der Waals surface area contributed by atoms with Crippen LogP contribution in [-0.4, -0.2) is 44.1 Å². The van der Waals surface area contributed by atoms with Crippen molar-refractivity contribution >= 4 is 34.7 Å². The maximum atomic E-state index is 13.1. The van der Waals surface area contributed by atoms with E-state index in [1.807, 2.05) is 13.0 Å². The summed E-state index contributed by atoms with van der Waals surface area (Å²) < 4.78 is 10.5. The van der Waals surface area contributed by atoms with Crippen LogP contribution in [0.1, 0.15) is 11.1 Å². The summed E-state index contributed by atoms with van der Waals surface area (Å²) in [5.41, 5.74) is 2.44. The smallest absolute Gasteiger partial charge is 0.278 e. The Morgan fingerprint density at radius 2 is 1.79 bits per heavy atom. The highest BCUT2D eigenvalue weighted by Gasteiger charge is 2.40. The fourth-order valence-electron chi connectivity index (χ4n) is 3.06. The van der Waals surface area contributed by atoms with Crippen LogP contribution >= 0.6 is 11.6 Å². The van der Waals surface area contributed by atoms with Gasteiger partial charge >= 0.3 is 0 Å². The zero-order valence-corrected chi connectivity index (χ0v) is 16.7. The second kappa shape index (κ2) is 8.46. The molecule has 3 rings (SSSR count). The van der Waals surface area contributed by atoms with Crippen molar-refractivity contribution in [2.24, 2.45) is 0 Å². The first-order chi connectivity index (χ1) is 13.5. The summed E-state index contributed by atoms with van der Waals surface area (Å²) in [7, 11) is 3.05. The summed E-state index contributed by atoms with van der Waals surface area (Å²) in [6.45, 7) is 2.25. The van der Waals surface area contributed by atoms with Crippen LogP contribution in [0.4, 0.5) is 5.69 Å². The van der Waals surface area contributed by atoms with E-state index in [2.05, 4.69) is 5.32 Å². The van der Waals surface area contributed by atoms with Crippen LogP contribution in [0, 0.1) is 6.92 Å². The number of methoxy groups -OCH3 is 2. The van der Waals surface area contributed by atoms with Crippen LogP contribution in [0.25, 0.3) is 5.57 Å². The monoisotopic (exact) mass is 400 g/mol. The minimum absolute atomic E-state index is 0.159. The molecule has 0 atom stereocenters. The molecule has 0 saturated heterocycles. The molecule has 0 aromatic heterocycles. The van der Waals surface area contributed by atoms with E-state index in [-0.39, 0.29) is 24.4 Å². The summed E-state index contributed by atoms with van der Waals surface area (Å²) in [5.74, 6) is -0.301. The fraction of sp³-hybridized carbons (Fsp3) is 0.238. The lowest BCUT2D eigenvalue weighted by Gasteiger charge is -2.15. The number of rotatable bonds is 7. The quantitative estimate of drug-likeness (QED) is 0.720. The number of benzene rings is 2. The molecule has 2 amide bonds. The van der Waals surface area contributed by atoms with E-state index in [1.54, 1.807) is 36.4 Å². The summed E-state index contributed by atoms with van der Waals surface area (Å²) >= 11 is 6.21. The molecule has 7 heteroatoms. The maximum Gasteiger partial charge on any atom is 0.278 e. The summed E-state index contributed by atoms with van der Waals surface area (Å²) in [6.07, 6.45) is 0. The first kappa shape index (κ1) is 19.9. The van der Waals surface area contributed by atoms with Gasteiger partial charge in [-0.2, -0.15) is 0 Å². The van der Waals surface area contributed by atoms with E-state index in [1.165, 1.54) is 19.1 Å². The maximum absolute atomic E-state index is 13.1. The van der Waals surface area contributed by atoms with Gasteiger partial charge in [0.05, 0.1) is 25.8 Å². The highest BCUT2D eigenvalue weighted by Crippen LogP contribution is 2.36. The Kier molecular flexibility index (Phi) is 6.02. The molecule has 6 nitrogen and oxygen atoms in total. The largest absolute Gasteiger partial charge is 0.496 e. The topological polar surface area (TPSA) is 67.9 Å². The van der Waals surface area contributed by atoms with E-state index in [0.29, 0.717) is 22.0 Å². The third kappa shape index (κ3) is 3.61. The van der Waals surface area contributed by atoms with Gasteiger partial charge < -0.3 is 14.8 Å². The first-order valence-corrected chi connectivity index (χ1v) is 9.12. The molecule has 0 spiro atoms. The van der Waals surface area contributed by atoms with Crippen LogP contribution in [0.5, 0.6) is 5.75 Å². The van der Waals surface area contributed by atoms with Gasteiger partial charge in [0.25, 0.3) is 11.8 Å². The van der Waals surface area contributed by atoms with Gasteiger partial charge in [0, 0.05) is 23.4 Å². The molecule has 0 saturated carbocycles. The number of amides is 2. The molecule has 1 heterocycles. The molecular formula is C21H21ClN2O4. The Morgan fingerprint density at radius 1 is 1.04 bits per heavy atom. The minimum Gasteiger partial charge on any atom is -0.496 e. The van der Waals surface area contributed by atoms with Crippen LogP contribution in [0.15, 0.2) is 48.2 Å². The van der Waals surface area contributed by atoms with Crippen molar-refractivity contribution in [2.75, 3.05) is 32.7 Å². The standard InChI is InChI=1S/C21H21ClN2O4/c1-13-15(22)8-6-9-16(13)23-19-18(14-7-4-5-10-17(14)28-3)20(25)24(21(19)26)11-12-27-2/h4-10,23H,11-12H2,1-3H3. The number of hydrogen-bond donors (Lipinski definition) is 1. The van der Waals surface area contributed by atoms with Crippen molar-refractivity contribution in [2.45, 2.75) is 6.92 Å². The van der Waals surface area contributed by atoms with E-state index >= 15 is 0 Å². The number of para-hydroxylation sites is 1. The minimum atomic E-state index is -0.415. The molecule has 1 aliphatic heterocycles.